The van der Waals surface area contributed by atoms with E-state index in [2.05, 4.69) is 29.1 Å². The van der Waals surface area contributed by atoms with Gasteiger partial charge in [-0.05, 0) is 29.4 Å². The lowest BCUT2D eigenvalue weighted by atomic mass is 10.1. The SMILES string of the molecule is CC1(C)CC1CNc1nc(Cl)ncc1F. The Morgan fingerprint density at radius 3 is 2.93 bits per heavy atom. The molecule has 1 aromatic rings. The van der Waals surface area contributed by atoms with E-state index >= 15 is 0 Å². The fraction of sp³-hybridized carbons (Fsp3) is 0.600. The lowest BCUT2D eigenvalue weighted by Gasteiger charge is -2.07. The topological polar surface area (TPSA) is 37.8 Å². The summed E-state index contributed by atoms with van der Waals surface area (Å²) < 4.78 is 13.2. The first-order chi connectivity index (χ1) is 6.99. The van der Waals surface area contributed by atoms with E-state index < -0.39 is 5.82 Å². The third kappa shape index (κ3) is 2.37. The zero-order valence-corrected chi connectivity index (χ0v) is 9.48. The van der Waals surface area contributed by atoms with Crippen molar-refractivity contribution in [1.82, 2.24) is 9.97 Å². The van der Waals surface area contributed by atoms with Crippen LogP contribution in [0.15, 0.2) is 6.20 Å². The first-order valence-electron chi connectivity index (χ1n) is 4.91. The van der Waals surface area contributed by atoms with Gasteiger partial charge in [0, 0.05) is 6.54 Å². The number of halogens is 2. The van der Waals surface area contributed by atoms with Crippen LogP contribution >= 0.6 is 11.6 Å². The summed E-state index contributed by atoms with van der Waals surface area (Å²) in [5.74, 6) is 0.321. The maximum absolute atomic E-state index is 13.2. The van der Waals surface area contributed by atoms with E-state index in [-0.39, 0.29) is 11.1 Å². The van der Waals surface area contributed by atoms with Gasteiger partial charge in [-0.3, -0.25) is 0 Å². The first-order valence-corrected chi connectivity index (χ1v) is 5.29. The molecule has 0 bridgehead atoms. The van der Waals surface area contributed by atoms with Crippen LogP contribution in [0.5, 0.6) is 0 Å². The molecule has 1 aliphatic rings. The third-order valence-corrected chi connectivity index (χ3v) is 3.13. The minimum Gasteiger partial charge on any atom is -0.367 e. The molecule has 82 valence electrons. The second-order valence-electron chi connectivity index (χ2n) is 4.61. The Morgan fingerprint density at radius 2 is 2.33 bits per heavy atom. The average molecular weight is 230 g/mol. The van der Waals surface area contributed by atoms with Crippen molar-refractivity contribution in [2.24, 2.45) is 11.3 Å². The van der Waals surface area contributed by atoms with E-state index in [0.717, 1.165) is 12.7 Å². The fourth-order valence-corrected chi connectivity index (χ4v) is 1.75. The zero-order chi connectivity index (χ0) is 11.1. The number of hydrogen-bond acceptors (Lipinski definition) is 3. The van der Waals surface area contributed by atoms with Crippen LogP contribution < -0.4 is 5.32 Å². The van der Waals surface area contributed by atoms with Gasteiger partial charge in [-0.15, -0.1) is 0 Å². The highest BCUT2D eigenvalue weighted by molar-refractivity contribution is 6.28. The molecule has 1 atom stereocenters. The van der Waals surface area contributed by atoms with E-state index in [1.807, 2.05) is 0 Å². The molecule has 1 unspecified atom stereocenters. The van der Waals surface area contributed by atoms with Crippen LogP contribution in [-0.2, 0) is 0 Å². The fourth-order valence-electron chi connectivity index (χ4n) is 1.61. The zero-order valence-electron chi connectivity index (χ0n) is 8.72. The monoisotopic (exact) mass is 229 g/mol. The maximum Gasteiger partial charge on any atom is 0.224 e. The summed E-state index contributed by atoms with van der Waals surface area (Å²) in [5, 5.41) is 3.02. The Morgan fingerprint density at radius 1 is 1.67 bits per heavy atom. The summed E-state index contributed by atoms with van der Waals surface area (Å²) in [6.45, 7) is 5.13. The van der Waals surface area contributed by atoms with Crippen molar-refractivity contribution >= 4 is 17.4 Å². The summed E-state index contributed by atoms with van der Waals surface area (Å²) in [6, 6.07) is 0. The molecule has 2 rings (SSSR count). The molecule has 0 aliphatic heterocycles. The van der Waals surface area contributed by atoms with Crippen LogP contribution in [0.4, 0.5) is 10.2 Å². The van der Waals surface area contributed by atoms with Crippen LogP contribution in [0, 0.1) is 17.2 Å². The molecule has 1 heterocycles. The summed E-state index contributed by atoms with van der Waals surface area (Å²) in [5.41, 5.74) is 0.375. The molecule has 1 aromatic heterocycles. The van der Waals surface area contributed by atoms with E-state index in [4.69, 9.17) is 11.6 Å². The maximum atomic E-state index is 13.2. The highest BCUT2D eigenvalue weighted by Crippen LogP contribution is 2.51. The molecule has 1 aliphatic carbocycles. The molecule has 0 spiro atoms. The van der Waals surface area contributed by atoms with Gasteiger partial charge >= 0.3 is 0 Å². The van der Waals surface area contributed by atoms with Crippen molar-refractivity contribution in [3.05, 3.63) is 17.3 Å². The first kappa shape index (κ1) is 10.6. The largest absolute Gasteiger partial charge is 0.367 e. The van der Waals surface area contributed by atoms with Gasteiger partial charge < -0.3 is 5.32 Å². The van der Waals surface area contributed by atoms with Crippen LogP contribution in [0.25, 0.3) is 0 Å². The van der Waals surface area contributed by atoms with Crippen molar-refractivity contribution in [3.63, 3.8) is 0 Å². The Bertz CT molecular complexity index is 381. The predicted octanol–water partition coefficient (Wildman–Crippen LogP) is 2.73. The average Bonchev–Trinajstić information content (AvgIpc) is 2.76. The number of nitrogens with one attached hydrogen (secondary N) is 1. The lowest BCUT2D eigenvalue weighted by Crippen LogP contribution is -2.10. The van der Waals surface area contributed by atoms with Gasteiger partial charge in [0.1, 0.15) is 0 Å². The minimum atomic E-state index is -0.460. The quantitative estimate of drug-likeness (QED) is 0.810. The molecule has 0 amide bonds. The van der Waals surface area contributed by atoms with Gasteiger partial charge in [0.05, 0.1) is 6.20 Å². The molecule has 1 fully saturated rings. The molecule has 0 aromatic carbocycles. The Kier molecular flexibility index (Phi) is 2.54. The van der Waals surface area contributed by atoms with Crippen LogP contribution in [0.1, 0.15) is 20.3 Å². The molecule has 3 nitrogen and oxygen atoms in total. The molecule has 5 heteroatoms. The Hall–Kier alpha value is -0.900. The molecule has 15 heavy (non-hydrogen) atoms. The Labute approximate surface area is 93.1 Å². The van der Waals surface area contributed by atoms with E-state index in [9.17, 15) is 4.39 Å². The van der Waals surface area contributed by atoms with Crippen molar-refractivity contribution in [2.45, 2.75) is 20.3 Å². The number of hydrogen-bond donors (Lipinski definition) is 1. The van der Waals surface area contributed by atoms with Gasteiger partial charge in [0.15, 0.2) is 11.6 Å². The van der Waals surface area contributed by atoms with Crippen molar-refractivity contribution in [1.29, 1.82) is 0 Å². The second-order valence-corrected chi connectivity index (χ2v) is 4.94. The Balaban J connectivity index is 1.96. The predicted molar refractivity (Wildman–Crippen MR) is 57.4 cm³/mol. The van der Waals surface area contributed by atoms with Gasteiger partial charge in [-0.1, -0.05) is 13.8 Å². The van der Waals surface area contributed by atoms with Crippen molar-refractivity contribution in [3.8, 4) is 0 Å². The summed E-state index contributed by atoms with van der Waals surface area (Å²) in [6.07, 6.45) is 2.25. The molecule has 1 saturated carbocycles. The van der Waals surface area contributed by atoms with Gasteiger partial charge in [0.25, 0.3) is 0 Å². The van der Waals surface area contributed by atoms with Gasteiger partial charge in [-0.25, -0.2) is 9.37 Å². The highest BCUT2D eigenvalue weighted by Gasteiger charge is 2.45. The third-order valence-electron chi connectivity index (χ3n) is 2.95. The summed E-state index contributed by atoms with van der Waals surface area (Å²) >= 11 is 5.57. The van der Waals surface area contributed by atoms with E-state index in [1.165, 1.54) is 6.42 Å². The van der Waals surface area contributed by atoms with Gasteiger partial charge in [0.2, 0.25) is 5.28 Å². The number of rotatable bonds is 3. The lowest BCUT2D eigenvalue weighted by molar-refractivity contribution is 0.568. The normalized spacial score (nSPS) is 22.5. The number of aromatic nitrogens is 2. The van der Waals surface area contributed by atoms with Crippen LogP contribution in [0.2, 0.25) is 5.28 Å². The van der Waals surface area contributed by atoms with E-state index in [1.54, 1.807) is 0 Å². The molecular formula is C10H13ClFN3. The highest BCUT2D eigenvalue weighted by atomic mass is 35.5. The number of anilines is 1. The van der Waals surface area contributed by atoms with E-state index in [0.29, 0.717) is 11.3 Å². The van der Waals surface area contributed by atoms with Crippen LogP contribution in [-0.4, -0.2) is 16.5 Å². The van der Waals surface area contributed by atoms with Gasteiger partial charge in [-0.2, -0.15) is 4.98 Å². The number of nitrogens with zero attached hydrogens (tertiary/aromatic N) is 2. The summed E-state index contributed by atoms with van der Waals surface area (Å²) in [7, 11) is 0. The smallest absolute Gasteiger partial charge is 0.224 e. The summed E-state index contributed by atoms with van der Waals surface area (Å²) in [4.78, 5) is 7.34. The second kappa shape index (κ2) is 3.59. The van der Waals surface area contributed by atoms with Crippen molar-refractivity contribution in [2.75, 3.05) is 11.9 Å². The molecular weight excluding hydrogens is 217 g/mol. The van der Waals surface area contributed by atoms with Crippen molar-refractivity contribution < 1.29 is 4.39 Å². The molecule has 0 saturated heterocycles. The van der Waals surface area contributed by atoms with Crippen LogP contribution in [0.3, 0.4) is 0 Å². The molecule has 1 N–H and O–H groups in total. The molecule has 0 radical (unpaired) electrons. The minimum absolute atomic E-state index is 0.0638. The standard InChI is InChI=1S/C10H13ClFN3/c1-10(2)3-6(10)4-13-8-7(12)5-14-9(11)15-8/h5-6H,3-4H2,1-2H3,(H,13,14,15).